The lowest BCUT2D eigenvalue weighted by atomic mass is 9.99. The number of rotatable bonds is 9. The summed E-state index contributed by atoms with van der Waals surface area (Å²) in [5.41, 5.74) is -0.521. The fraction of sp³-hybridized carbons (Fsp3) is 0.621. The van der Waals surface area contributed by atoms with E-state index in [4.69, 9.17) is 21.1 Å². The standard InChI is InChI=1S/C29H37ClF4N4O4/c1-16-12-19(31)13-20(25(16)30)26-22(41-11-9-17(2)35-27(40)42-28(3,4)5)8-10-37(26)24(39)15-38-23(29(32,33)34)14-21(36-38)18-6-7-18/h12-14,17-18,22,26H,6-11,15H2,1-5H3,(H,35,40)/t17?,22-,26-/m1/s1. The topological polar surface area (TPSA) is 85.7 Å². The lowest BCUT2D eigenvalue weighted by molar-refractivity contribution is -0.146. The molecule has 1 aliphatic heterocycles. The molecule has 3 atom stereocenters. The number of aryl methyl sites for hydroxylation is 1. The fourth-order valence-electron chi connectivity index (χ4n) is 5.11. The van der Waals surface area contributed by atoms with Crippen LogP contribution in [0.3, 0.4) is 0 Å². The van der Waals surface area contributed by atoms with Crippen molar-refractivity contribution >= 4 is 23.6 Å². The van der Waals surface area contributed by atoms with E-state index in [0.29, 0.717) is 34.3 Å². The molecule has 0 radical (unpaired) electrons. The van der Waals surface area contributed by atoms with E-state index >= 15 is 0 Å². The molecule has 2 heterocycles. The van der Waals surface area contributed by atoms with Crippen LogP contribution in [0.2, 0.25) is 5.02 Å². The van der Waals surface area contributed by atoms with Crippen LogP contribution in [0.1, 0.15) is 87.9 Å². The number of alkyl carbamates (subject to hydrolysis) is 1. The molecule has 1 saturated heterocycles. The summed E-state index contributed by atoms with van der Waals surface area (Å²) in [6.45, 7) is 8.43. The van der Waals surface area contributed by atoms with E-state index in [0.717, 1.165) is 18.9 Å². The second kappa shape index (κ2) is 12.4. The fourth-order valence-corrected chi connectivity index (χ4v) is 5.33. The third-order valence-corrected chi connectivity index (χ3v) is 7.76. The van der Waals surface area contributed by atoms with Crippen molar-refractivity contribution in [2.75, 3.05) is 13.2 Å². The predicted octanol–water partition coefficient (Wildman–Crippen LogP) is 6.54. The number of amides is 2. The number of likely N-dealkylation sites (tertiary alicyclic amines) is 1. The third-order valence-electron chi connectivity index (χ3n) is 7.24. The number of nitrogens with one attached hydrogen (secondary N) is 1. The zero-order valence-electron chi connectivity index (χ0n) is 24.4. The Hall–Kier alpha value is -2.86. The van der Waals surface area contributed by atoms with E-state index < -0.39 is 54.0 Å². The highest BCUT2D eigenvalue weighted by molar-refractivity contribution is 6.32. The first-order chi connectivity index (χ1) is 19.5. The molecule has 8 nitrogen and oxygen atoms in total. The second-order valence-corrected chi connectivity index (χ2v) is 12.5. The van der Waals surface area contributed by atoms with Crippen molar-refractivity contribution in [1.82, 2.24) is 20.0 Å². The van der Waals surface area contributed by atoms with Crippen molar-refractivity contribution in [3.05, 3.63) is 51.6 Å². The van der Waals surface area contributed by atoms with Gasteiger partial charge in [0.25, 0.3) is 0 Å². The van der Waals surface area contributed by atoms with Crippen LogP contribution in [0.5, 0.6) is 0 Å². The number of hydrogen-bond acceptors (Lipinski definition) is 5. The number of alkyl halides is 3. The minimum atomic E-state index is -4.68. The van der Waals surface area contributed by atoms with Crippen LogP contribution >= 0.6 is 11.6 Å². The first kappa shape index (κ1) is 32.1. The van der Waals surface area contributed by atoms with Gasteiger partial charge in [-0.05, 0) is 89.6 Å². The molecule has 1 aliphatic carbocycles. The van der Waals surface area contributed by atoms with Crippen LogP contribution in [0.15, 0.2) is 18.2 Å². The second-order valence-electron chi connectivity index (χ2n) is 12.1. The zero-order chi connectivity index (χ0) is 31.0. The Labute approximate surface area is 247 Å². The monoisotopic (exact) mass is 616 g/mol. The summed E-state index contributed by atoms with van der Waals surface area (Å²) in [7, 11) is 0. The Morgan fingerprint density at radius 3 is 2.48 bits per heavy atom. The van der Waals surface area contributed by atoms with Gasteiger partial charge in [-0.1, -0.05) is 11.6 Å². The van der Waals surface area contributed by atoms with Gasteiger partial charge in [-0.3, -0.25) is 9.48 Å². The van der Waals surface area contributed by atoms with Gasteiger partial charge in [0.05, 0.1) is 17.8 Å². The number of halogens is 5. The highest BCUT2D eigenvalue weighted by Gasteiger charge is 2.43. The summed E-state index contributed by atoms with van der Waals surface area (Å²) >= 11 is 6.58. The minimum absolute atomic E-state index is 0.0268. The van der Waals surface area contributed by atoms with Gasteiger partial charge in [0.2, 0.25) is 5.91 Å². The van der Waals surface area contributed by atoms with E-state index in [1.54, 1.807) is 34.6 Å². The van der Waals surface area contributed by atoms with E-state index in [1.165, 1.54) is 17.0 Å². The average Bonchev–Trinajstić information content (AvgIpc) is 3.47. The molecule has 42 heavy (non-hydrogen) atoms. The highest BCUT2D eigenvalue weighted by Crippen LogP contribution is 2.42. The third kappa shape index (κ3) is 7.94. The molecule has 1 N–H and O–H groups in total. The first-order valence-electron chi connectivity index (χ1n) is 14.0. The van der Waals surface area contributed by atoms with Gasteiger partial charge < -0.3 is 19.7 Å². The molecular weight excluding hydrogens is 580 g/mol. The van der Waals surface area contributed by atoms with Crippen molar-refractivity contribution in [3.8, 4) is 0 Å². The number of hydrogen-bond donors (Lipinski definition) is 1. The van der Waals surface area contributed by atoms with Gasteiger partial charge in [0.1, 0.15) is 23.7 Å². The maximum absolute atomic E-state index is 14.5. The lowest BCUT2D eigenvalue weighted by Gasteiger charge is -2.30. The summed E-state index contributed by atoms with van der Waals surface area (Å²) in [4.78, 5) is 27.0. The summed E-state index contributed by atoms with van der Waals surface area (Å²) in [6.07, 6.45) is -3.55. The molecule has 13 heteroatoms. The first-order valence-corrected chi connectivity index (χ1v) is 14.4. The smallest absolute Gasteiger partial charge is 0.433 e. The summed E-state index contributed by atoms with van der Waals surface area (Å²) < 4.78 is 68.0. The van der Waals surface area contributed by atoms with E-state index in [1.807, 2.05) is 0 Å². The van der Waals surface area contributed by atoms with Gasteiger partial charge in [-0.15, -0.1) is 0 Å². The molecular formula is C29H37ClF4N4O4. The molecule has 4 rings (SSSR count). The molecule has 2 aromatic rings. The Morgan fingerprint density at radius 1 is 1.17 bits per heavy atom. The SMILES string of the molecule is Cc1cc(F)cc([C@@H]2[C@H](OCCC(C)NC(=O)OC(C)(C)C)CCN2C(=O)Cn2nc(C3CC3)cc2C(F)(F)F)c1Cl. The largest absolute Gasteiger partial charge is 0.444 e. The average molecular weight is 617 g/mol. The molecule has 2 aliphatic rings. The van der Waals surface area contributed by atoms with Crippen LogP contribution in [0.25, 0.3) is 0 Å². The predicted molar refractivity (Wildman–Crippen MR) is 148 cm³/mol. The molecule has 1 aromatic heterocycles. The molecule has 2 amide bonds. The van der Waals surface area contributed by atoms with E-state index in [9.17, 15) is 27.2 Å². The number of benzene rings is 1. The van der Waals surface area contributed by atoms with E-state index in [2.05, 4.69) is 10.4 Å². The van der Waals surface area contributed by atoms with Crippen LogP contribution < -0.4 is 5.32 Å². The van der Waals surface area contributed by atoms with Crippen molar-refractivity contribution in [2.24, 2.45) is 0 Å². The number of nitrogens with zero attached hydrogens (tertiary/aromatic N) is 3. The zero-order valence-corrected chi connectivity index (χ0v) is 25.1. The van der Waals surface area contributed by atoms with Crippen LogP contribution in [-0.4, -0.2) is 57.6 Å². The minimum Gasteiger partial charge on any atom is -0.444 e. The van der Waals surface area contributed by atoms with Crippen molar-refractivity contribution in [1.29, 1.82) is 0 Å². The van der Waals surface area contributed by atoms with Gasteiger partial charge in [-0.2, -0.15) is 18.3 Å². The molecule has 0 bridgehead atoms. The van der Waals surface area contributed by atoms with Crippen LogP contribution in [0, 0.1) is 12.7 Å². The molecule has 1 unspecified atom stereocenters. The number of carbonyl (C=O) groups is 2. The van der Waals surface area contributed by atoms with Gasteiger partial charge >= 0.3 is 12.3 Å². The number of ether oxygens (including phenoxy) is 2. The number of carbonyl (C=O) groups excluding carboxylic acids is 2. The van der Waals surface area contributed by atoms with Gasteiger partial charge in [0.15, 0.2) is 0 Å². The van der Waals surface area contributed by atoms with Crippen LogP contribution in [0.4, 0.5) is 22.4 Å². The van der Waals surface area contributed by atoms with E-state index in [-0.39, 0.29) is 30.1 Å². The summed E-state index contributed by atoms with van der Waals surface area (Å²) in [5, 5.41) is 7.10. The van der Waals surface area contributed by atoms with Crippen molar-refractivity contribution < 1.29 is 36.6 Å². The Balaban J connectivity index is 1.51. The van der Waals surface area contributed by atoms with Crippen molar-refractivity contribution in [3.63, 3.8) is 0 Å². The summed E-state index contributed by atoms with van der Waals surface area (Å²) in [6, 6.07) is 2.39. The molecule has 1 aromatic carbocycles. The molecule has 2 fully saturated rings. The summed E-state index contributed by atoms with van der Waals surface area (Å²) in [5.74, 6) is -1.19. The van der Waals surface area contributed by atoms with Crippen LogP contribution in [-0.2, 0) is 27.0 Å². The Bertz CT molecular complexity index is 1310. The molecule has 1 saturated carbocycles. The maximum atomic E-state index is 14.5. The van der Waals surface area contributed by atoms with Crippen molar-refractivity contribution in [2.45, 2.75) is 103 Å². The Morgan fingerprint density at radius 2 is 1.86 bits per heavy atom. The maximum Gasteiger partial charge on any atom is 0.433 e. The van der Waals surface area contributed by atoms with Gasteiger partial charge in [-0.25, -0.2) is 9.18 Å². The molecule has 0 spiro atoms. The highest BCUT2D eigenvalue weighted by atomic mass is 35.5. The van der Waals surface area contributed by atoms with Gasteiger partial charge in [0, 0.05) is 30.1 Å². The quantitative estimate of drug-likeness (QED) is 0.323. The lowest BCUT2D eigenvalue weighted by Crippen LogP contribution is -2.39. The normalized spacial score (nSPS) is 20.1. The number of aromatic nitrogens is 2. The molecule has 232 valence electrons. The Kier molecular flexibility index (Phi) is 9.46.